The van der Waals surface area contributed by atoms with E-state index in [4.69, 9.17) is 16.9 Å². The van der Waals surface area contributed by atoms with Crippen LogP contribution < -0.4 is 5.32 Å². The molecule has 1 aromatic heterocycles. The Morgan fingerprint density at radius 1 is 1.20 bits per heavy atom. The van der Waals surface area contributed by atoms with Gasteiger partial charge >= 0.3 is 0 Å². The van der Waals surface area contributed by atoms with Crippen molar-refractivity contribution < 1.29 is 4.79 Å². The maximum absolute atomic E-state index is 12.6. The van der Waals surface area contributed by atoms with Crippen molar-refractivity contribution in [3.8, 4) is 6.07 Å². The normalized spacial score (nSPS) is 10.3. The number of hydrogen-bond acceptors (Lipinski definition) is 3. The van der Waals surface area contributed by atoms with Gasteiger partial charge in [0.05, 0.1) is 29.4 Å². The number of halogens is 1. The van der Waals surface area contributed by atoms with Crippen LogP contribution in [0.4, 0.5) is 5.69 Å². The van der Waals surface area contributed by atoms with Crippen molar-refractivity contribution in [1.82, 2.24) is 9.78 Å². The van der Waals surface area contributed by atoms with Crippen LogP contribution in [0.5, 0.6) is 0 Å². The quantitative estimate of drug-likeness (QED) is 0.772. The van der Waals surface area contributed by atoms with Crippen molar-refractivity contribution in [3.63, 3.8) is 0 Å². The summed E-state index contributed by atoms with van der Waals surface area (Å²) in [5.74, 6) is -0.327. The van der Waals surface area contributed by atoms with Crippen LogP contribution in [0.3, 0.4) is 0 Å². The Hall–Kier alpha value is -3.10. The second kappa shape index (κ2) is 7.20. The minimum absolute atomic E-state index is 0.299. The number of anilines is 1. The van der Waals surface area contributed by atoms with Gasteiger partial charge < -0.3 is 5.32 Å². The lowest BCUT2D eigenvalue weighted by molar-refractivity contribution is 0.102. The SMILES string of the molecule is Cc1nn(Cc2ccccc2)c(Cl)c1C(=O)Nc1ccc(C#N)cc1. The molecule has 5 nitrogen and oxygen atoms in total. The third-order valence-corrected chi connectivity index (χ3v) is 4.12. The fourth-order valence-corrected chi connectivity index (χ4v) is 2.81. The van der Waals surface area contributed by atoms with E-state index in [1.807, 2.05) is 36.4 Å². The summed E-state index contributed by atoms with van der Waals surface area (Å²) in [4.78, 5) is 12.6. The van der Waals surface area contributed by atoms with Gasteiger partial charge in [0.2, 0.25) is 0 Å². The van der Waals surface area contributed by atoms with Gasteiger partial charge in [0.1, 0.15) is 5.15 Å². The van der Waals surface area contributed by atoms with Crippen molar-refractivity contribution in [2.75, 3.05) is 5.32 Å². The molecule has 0 saturated heterocycles. The second-order valence-corrected chi connectivity index (χ2v) is 5.90. The molecule has 0 aliphatic rings. The summed E-state index contributed by atoms with van der Waals surface area (Å²) in [6.45, 7) is 2.24. The lowest BCUT2D eigenvalue weighted by Gasteiger charge is -2.06. The molecule has 0 radical (unpaired) electrons. The van der Waals surface area contributed by atoms with Gasteiger partial charge in [-0.1, -0.05) is 41.9 Å². The van der Waals surface area contributed by atoms with Gasteiger partial charge in [0.15, 0.2) is 0 Å². The minimum atomic E-state index is -0.327. The summed E-state index contributed by atoms with van der Waals surface area (Å²) in [5.41, 5.74) is 3.08. The van der Waals surface area contributed by atoms with Crippen LogP contribution in [-0.2, 0) is 6.54 Å². The van der Waals surface area contributed by atoms with E-state index >= 15 is 0 Å². The van der Waals surface area contributed by atoms with Crippen molar-refractivity contribution in [2.45, 2.75) is 13.5 Å². The summed E-state index contributed by atoms with van der Waals surface area (Å²) in [6.07, 6.45) is 0. The fraction of sp³-hybridized carbons (Fsp3) is 0.105. The Kier molecular flexibility index (Phi) is 4.82. The summed E-state index contributed by atoms with van der Waals surface area (Å²) in [7, 11) is 0. The first-order valence-electron chi connectivity index (χ1n) is 7.67. The van der Waals surface area contributed by atoms with Gasteiger partial charge in [-0.05, 0) is 36.8 Å². The van der Waals surface area contributed by atoms with E-state index < -0.39 is 0 Å². The molecule has 0 unspecified atom stereocenters. The number of nitrogens with one attached hydrogen (secondary N) is 1. The van der Waals surface area contributed by atoms with Crippen molar-refractivity contribution in [2.24, 2.45) is 0 Å². The number of nitriles is 1. The molecule has 6 heteroatoms. The largest absolute Gasteiger partial charge is 0.322 e. The van der Waals surface area contributed by atoms with Gasteiger partial charge in [-0.25, -0.2) is 4.68 Å². The van der Waals surface area contributed by atoms with E-state index in [1.165, 1.54) is 0 Å². The highest BCUT2D eigenvalue weighted by Crippen LogP contribution is 2.22. The molecule has 1 heterocycles. The predicted molar refractivity (Wildman–Crippen MR) is 96.6 cm³/mol. The van der Waals surface area contributed by atoms with E-state index in [0.717, 1.165) is 5.56 Å². The summed E-state index contributed by atoms with van der Waals surface area (Å²) in [5, 5.41) is 16.3. The summed E-state index contributed by atoms with van der Waals surface area (Å²) < 4.78 is 1.61. The molecule has 2 aromatic carbocycles. The Bertz CT molecular complexity index is 940. The smallest absolute Gasteiger partial charge is 0.260 e. The average molecular weight is 351 g/mol. The van der Waals surface area contributed by atoms with Crippen LogP contribution in [0.1, 0.15) is 27.2 Å². The molecule has 3 rings (SSSR count). The standard InChI is InChI=1S/C19H15ClN4O/c1-13-17(19(25)22-16-9-7-14(11-21)8-10-16)18(20)24(23-13)12-15-5-3-2-4-6-15/h2-10H,12H2,1H3,(H,22,25). The third-order valence-electron chi connectivity index (χ3n) is 3.74. The first-order valence-corrected chi connectivity index (χ1v) is 8.04. The average Bonchev–Trinajstić information content (AvgIpc) is 2.90. The fourth-order valence-electron chi connectivity index (χ4n) is 2.49. The molecule has 124 valence electrons. The molecule has 0 aliphatic carbocycles. The maximum Gasteiger partial charge on any atom is 0.260 e. The number of nitrogens with zero attached hydrogens (tertiary/aromatic N) is 3. The molecule has 0 atom stereocenters. The number of hydrogen-bond donors (Lipinski definition) is 1. The highest BCUT2D eigenvalue weighted by atomic mass is 35.5. The molecular weight excluding hydrogens is 336 g/mol. The first kappa shape index (κ1) is 16.7. The van der Waals surface area contributed by atoms with Gasteiger partial charge in [-0.3, -0.25) is 4.79 Å². The Labute approximate surface area is 150 Å². The maximum atomic E-state index is 12.6. The molecule has 1 N–H and O–H groups in total. The van der Waals surface area contributed by atoms with Gasteiger partial charge in [-0.15, -0.1) is 0 Å². The van der Waals surface area contributed by atoms with Crippen molar-refractivity contribution in [1.29, 1.82) is 5.26 Å². The Morgan fingerprint density at radius 3 is 2.52 bits per heavy atom. The van der Waals surface area contributed by atoms with Gasteiger partial charge in [0, 0.05) is 5.69 Å². The summed E-state index contributed by atoms with van der Waals surface area (Å²) in [6, 6.07) is 18.4. The van der Waals surface area contributed by atoms with Crippen LogP contribution in [-0.4, -0.2) is 15.7 Å². The number of rotatable bonds is 4. The van der Waals surface area contributed by atoms with E-state index in [1.54, 1.807) is 35.9 Å². The Balaban J connectivity index is 1.81. The highest BCUT2D eigenvalue weighted by molar-refractivity contribution is 6.33. The lowest BCUT2D eigenvalue weighted by Crippen LogP contribution is -2.13. The Morgan fingerprint density at radius 2 is 1.88 bits per heavy atom. The predicted octanol–water partition coefficient (Wildman–Crippen LogP) is 4.02. The molecule has 1 amide bonds. The minimum Gasteiger partial charge on any atom is -0.322 e. The first-order chi connectivity index (χ1) is 12.1. The number of carbonyl (C=O) groups excluding carboxylic acids is 1. The molecule has 0 fully saturated rings. The topological polar surface area (TPSA) is 70.7 Å². The second-order valence-electron chi connectivity index (χ2n) is 5.54. The number of carbonyl (C=O) groups is 1. The van der Waals surface area contributed by atoms with Crippen LogP contribution in [0.15, 0.2) is 54.6 Å². The van der Waals surface area contributed by atoms with Crippen molar-refractivity contribution >= 4 is 23.2 Å². The zero-order valence-electron chi connectivity index (χ0n) is 13.5. The zero-order valence-corrected chi connectivity index (χ0v) is 14.3. The van der Waals surface area contributed by atoms with Crippen LogP contribution in [0, 0.1) is 18.3 Å². The molecule has 0 saturated carbocycles. The van der Waals surface area contributed by atoms with Gasteiger partial charge in [0.25, 0.3) is 5.91 Å². The molecule has 3 aromatic rings. The van der Waals surface area contributed by atoms with Crippen LogP contribution >= 0.6 is 11.6 Å². The molecule has 0 bridgehead atoms. The van der Waals surface area contributed by atoms with E-state index in [9.17, 15) is 4.79 Å². The highest BCUT2D eigenvalue weighted by Gasteiger charge is 2.20. The van der Waals surface area contributed by atoms with Crippen LogP contribution in [0.2, 0.25) is 5.15 Å². The van der Waals surface area contributed by atoms with Crippen LogP contribution in [0.25, 0.3) is 0 Å². The van der Waals surface area contributed by atoms with Gasteiger partial charge in [-0.2, -0.15) is 10.4 Å². The molecule has 25 heavy (non-hydrogen) atoms. The van der Waals surface area contributed by atoms with E-state index in [-0.39, 0.29) is 5.91 Å². The number of amides is 1. The lowest BCUT2D eigenvalue weighted by atomic mass is 10.2. The number of aromatic nitrogens is 2. The van der Waals surface area contributed by atoms with E-state index in [2.05, 4.69) is 10.4 Å². The molecular formula is C19H15ClN4O. The number of aryl methyl sites for hydroxylation is 1. The monoisotopic (exact) mass is 350 g/mol. The van der Waals surface area contributed by atoms with E-state index in [0.29, 0.717) is 34.2 Å². The van der Waals surface area contributed by atoms with Crippen molar-refractivity contribution in [3.05, 3.63) is 82.1 Å². The molecule has 0 aliphatic heterocycles. The number of benzene rings is 2. The summed E-state index contributed by atoms with van der Waals surface area (Å²) >= 11 is 6.38. The molecule has 0 spiro atoms. The third kappa shape index (κ3) is 3.70. The zero-order chi connectivity index (χ0) is 17.8.